The van der Waals surface area contributed by atoms with Crippen LogP contribution in [0.15, 0.2) is 16.5 Å². The molecule has 0 radical (unpaired) electrons. The molecule has 16 heavy (non-hydrogen) atoms. The Balaban J connectivity index is 1.99. The van der Waals surface area contributed by atoms with Crippen LogP contribution in [0, 0.1) is 12.3 Å². The van der Waals surface area contributed by atoms with Gasteiger partial charge in [-0.2, -0.15) is 0 Å². The van der Waals surface area contributed by atoms with E-state index in [1.165, 1.54) is 0 Å². The SMILES string of the molecule is Cc1ccc(C(=O)NC2CC(O)C2(C)C)o1. The number of aryl methyl sites for hydroxylation is 1. The van der Waals surface area contributed by atoms with Crippen LogP contribution in [-0.2, 0) is 0 Å². The van der Waals surface area contributed by atoms with Gasteiger partial charge in [-0.3, -0.25) is 4.79 Å². The summed E-state index contributed by atoms with van der Waals surface area (Å²) in [6.45, 7) is 5.69. The fraction of sp³-hybridized carbons (Fsp3) is 0.583. The maximum Gasteiger partial charge on any atom is 0.287 e. The van der Waals surface area contributed by atoms with E-state index in [1.54, 1.807) is 19.1 Å². The summed E-state index contributed by atoms with van der Waals surface area (Å²) in [5.74, 6) is 0.839. The quantitative estimate of drug-likeness (QED) is 0.798. The molecular weight excluding hydrogens is 206 g/mol. The van der Waals surface area contributed by atoms with Gasteiger partial charge in [0.2, 0.25) is 0 Å². The highest BCUT2D eigenvalue weighted by Crippen LogP contribution is 2.40. The van der Waals surface area contributed by atoms with Crippen LogP contribution in [0.2, 0.25) is 0 Å². The highest BCUT2D eigenvalue weighted by Gasteiger charge is 2.48. The Labute approximate surface area is 94.6 Å². The van der Waals surface area contributed by atoms with Gasteiger partial charge in [0.1, 0.15) is 5.76 Å². The average Bonchev–Trinajstić information content (AvgIpc) is 2.64. The summed E-state index contributed by atoms with van der Waals surface area (Å²) in [7, 11) is 0. The first-order chi connectivity index (χ1) is 7.41. The van der Waals surface area contributed by atoms with Crippen LogP contribution in [0.25, 0.3) is 0 Å². The third-order valence-corrected chi connectivity index (χ3v) is 3.49. The monoisotopic (exact) mass is 223 g/mol. The molecule has 1 fully saturated rings. The number of aliphatic hydroxyl groups is 1. The van der Waals surface area contributed by atoms with E-state index in [1.807, 2.05) is 13.8 Å². The van der Waals surface area contributed by atoms with Crippen LogP contribution < -0.4 is 5.32 Å². The summed E-state index contributed by atoms with van der Waals surface area (Å²) in [6, 6.07) is 3.43. The van der Waals surface area contributed by atoms with Gasteiger partial charge in [-0.15, -0.1) is 0 Å². The second kappa shape index (κ2) is 3.63. The molecule has 1 aliphatic rings. The van der Waals surface area contributed by atoms with E-state index in [2.05, 4.69) is 5.32 Å². The molecule has 0 saturated heterocycles. The summed E-state index contributed by atoms with van der Waals surface area (Å²) >= 11 is 0. The lowest BCUT2D eigenvalue weighted by Crippen LogP contribution is -2.61. The van der Waals surface area contributed by atoms with Crippen molar-refractivity contribution >= 4 is 5.91 Å². The van der Waals surface area contributed by atoms with Gasteiger partial charge in [-0.25, -0.2) is 0 Å². The first kappa shape index (κ1) is 11.2. The van der Waals surface area contributed by atoms with Crippen LogP contribution in [-0.4, -0.2) is 23.2 Å². The molecule has 2 atom stereocenters. The maximum atomic E-state index is 11.8. The first-order valence-corrected chi connectivity index (χ1v) is 5.46. The third kappa shape index (κ3) is 1.73. The van der Waals surface area contributed by atoms with Crippen molar-refractivity contribution in [3.8, 4) is 0 Å². The molecule has 2 N–H and O–H groups in total. The summed E-state index contributed by atoms with van der Waals surface area (Å²) in [4.78, 5) is 11.8. The fourth-order valence-corrected chi connectivity index (χ4v) is 1.93. The van der Waals surface area contributed by atoms with Gasteiger partial charge in [0, 0.05) is 11.5 Å². The van der Waals surface area contributed by atoms with Gasteiger partial charge in [0.15, 0.2) is 5.76 Å². The standard InChI is InChI=1S/C12H17NO3/c1-7-4-5-8(16-7)11(15)13-9-6-10(14)12(9,2)3/h4-5,9-10,14H,6H2,1-3H3,(H,13,15). The number of carbonyl (C=O) groups is 1. The number of hydrogen-bond donors (Lipinski definition) is 2. The van der Waals surface area contributed by atoms with E-state index in [4.69, 9.17) is 4.42 Å². The molecule has 1 saturated carbocycles. The molecule has 4 heteroatoms. The number of aliphatic hydroxyl groups excluding tert-OH is 1. The number of rotatable bonds is 2. The van der Waals surface area contributed by atoms with Crippen molar-refractivity contribution in [2.45, 2.75) is 39.3 Å². The normalized spacial score (nSPS) is 27.2. The van der Waals surface area contributed by atoms with Crippen LogP contribution in [0.1, 0.15) is 36.6 Å². The van der Waals surface area contributed by atoms with Crippen molar-refractivity contribution in [2.75, 3.05) is 0 Å². The van der Waals surface area contributed by atoms with Gasteiger partial charge >= 0.3 is 0 Å². The lowest BCUT2D eigenvalue weighted by atomic mass is 9.64. The number of furan rings is 1. The summed E-state index contributed by atoms with van der Waals surface area (Å²) in [6.07, 6.45) is 0.273. The van der Waals surface area contributed by atoms with Crippen molar-refractivity contribution in [1.82, 2.24) is 5.32 Å². The largest absolute Gasteiger partial charge is 0.456 e. The van der Waals surface area contributed by atoms with E-state index >= 15 is 0 Å². The molecule has 1 heterocycles. The lowest BCUT2D eigenvalue weighted by molar-refractivity contribution is -0.0691. The zero-order valence-electron chi connectivity index (χ0n) is 9.78. The molecule has 2 rings (SSSR count). The van der Waals surface area contributed by atoms with Crippen molar-refractivity contribution in [2.24, 2.45) is 5.41 Å². The van der Waals surface area contributed by atoms with Crippen LogP contribution in [0.5, 0.6) is 0 Å². The Morgan fingerprint density at radius 2 is 2.25 bits per heavy atom. The second-order valence-corrected chi connectivity index (χ2v) is 5.01. The molecule has 0 aromatic carbocycles. The molecule has 1 aliphatic carbocycles. The van der Waals surface area contributed by atoms with E-state index in [-0.39, 0.29) is 23.5 Å². The van der Waals surface area contributed by atoms with Crippen molar-refractivity contribution in [1.29, 1.82) is 0 Å². The van der Waals surface area contributed by atoms with E-state index in [0.29, 0.717) is 12.2 Å². The number of nitrogens with one attached hydrogen (secondary N) is 1. The molecule has 0 bridgehead atoms. The highest BCUT2D eigenvalue weighted by molar-refractivity contribution is 5.91. The lowest BCUT2D eigenvalue weighted by Gasteiger charge is -2.49. The second-order valence-electron chi connectivity index (χ2n) is 5.01. The Morgan fingerprint density at radius 1 is 1.56 bits per heavy atom. The average molecular weight is 223 g/mol. The minimum Gasteiger partial charge on any atom is -0.456 e. The van der Waals surface area contributed by atoms with Gasteiger partial charge < -0.3 is 14.8 Å². The molecule has 0 spiro atoms. The zero-order chi connectivity index (χ0) is 11.9. The van der Waals surface area contributed by atoms with E-state index < -0.39 is 0 Å². The number of carbonyl (C=O) groups excluding carboxylic acids is 1. The molecule has 0 aliphatic heterocycles. The summed E-state index contributed by atoms with van der Waals surface area (Å²) < 4.78 is 5.24. The molecule has 1 aromatic heterocycles. The molecular formula is C12H17NO3. The predicted octanol–water partition coefficient (Wildman–Crippen LogP) is 1.48. The number of hydrogen-bond acceptors (Lipinski definition) is 3. The predicted molar refractivity (Wildman–Crippen MR) is 59.1 cm³/mol. The van der Waals surface area contributed by atoms with Gasteiger partial charge in [0.25, 0.3) is 5.91 Å². The smallest absolute Gasteiger partial charge is 0.287 e. The summed E-state index contributed by atoms with van der Waals surface area (Å²) in [5.41, 5.74) is -0.253. The Kier molecular flexibility index (Phi) is 2.54. The van der Waals surface area contributed by atoms with E-state index in [0.717, 1.165) is 5.76 Å². The maximum absolute atomic E-state index is 11.8. The Bertz CT molecular complexity index is 408. The summed E-state index contributed by atoms with van der Waals surface area (Å²) in [5, 5.41) is 12.4. The van der Waals surface area contributed by atoms with Crippen molar-refractivity contribution < 1.29 is 14.3 Å². The van der Waals surface area contributed by atoms with Crippen LogP contribution in [0.3, 0.4) is 0 Å². The minimum absolute atomic E-state index is 0.0143. The van der Waals surface area contributed by atoms with Crippen LogP contribution >= 0.6 is 0 Å². The Morgan fingerprint density at radius 3 is 2.69 bits per heavy atom. The molecule has 1 aromatic rings. The minimum atomic E-state index is -0.337. The first-order valence-electron chi connectivity index (χ1n) is 5.46. The molecule has 2 unspecified atom stereocenters. The highest BCUT2D eigenvalue weighted by atomic mass is 16.3. The third-order valence-electron chi connectivity index (χ3n) is 3.49. The molecule has 88 valence electrons. The molecule has 4 nitrogen and oxygen atoms in total. The topological polar surface area (TPSA) is 62.5 Å². The van der Waals surface area contributed by atoms with Gasteiger partial charge in [0.05, 0.1) is 6.10 Å². The van der Waals surface area contributed by atoms with Gasteiger partial charge in [-0.05, 0) is 25.5 Å². The zero-order valence-corrected chi connectivity index (χ0v) is 9.78. The van der Waals surface area contributed by atoms with Crippen molar-refractivity contribution in [3.05, 3.63) is 23.7 Å². The molecule has 1 amide bonds. The van der Waals surface area contributed by atoms with Crippen LogP contribution in [0.4, 0.5) is 0 Å². The van der Waals surface area contributed by atoms with E-state index in [9.17, 15) is 9.90 Å². The number of amides is 1. The fourth-order valence-electron chi connectivity index (χ4n) is 1.93. The van der Waals surface area contributed by atoms with Gasteiger partial charge in [-0.1, -0.05) is 13.8 Å². The Hall–Kier alpha value is -1.29. The van der Waals surface area contributed by atoms with Crippen molar-refractivity contribution in [3.63, 3.8) is 0 Å².